The predicted octanol–water partition coefficient (Wildman–Crippen LogP) is 2.53. The van der Waals surface area contributed by atoms with Crippen LogP contribution >= 0.6 is 0 Å². The number of halogens is 1. The molecule has 18 heavy (non-hydrogen) atoms. The minimum absolute atomic E-state index is 0.0505. The van der Waals surface area contributed by atoms with Crippen molar-refractivity contribution in [3.05, 3.63) is 35.6 Å². The number of methoxy groups -OCH3 is 1. The Balaban J connectivity index is 3.14. The van der Waals surface area contributed by atoms with Crippen LogP contribution in [0, 0.1) is 17.7 Å². The predicted molar refractivity (Wildman–Crippen MR) is 68.5 cm³/mol. The molecule has 0 aliphatic heterocycles. The van der Waals surface area contributed by atoms with Gasteiger partial charge in [-0.1, -0.05) is 32.0 Å². The van der Waals surface area contributed by atoms with Crippen LogP contribution in [-0.4, -0.2) is 20.1 Å². The van der Waals surface area contributed by atoms with Crippen molar-refractivity contribution in [2.75, 3.05) is 14.2 Å². The molecule has 0 radical (unpaired) electrons. The van der Waals surface area contributed by atoms with Crippen LogP contribution in [0.5, 0.6) is 0 Å². The van der Waals surface area contributed by atoms with Crippen molar-refractivity contribution in [2.45, 2.75) is 19.9 Å². The first kappa shape index (κ1) is 14.6. The first-order valence-corrected chi connectivity index (χ1v) is 6.02. The summed E-state index contributed by atoms with van der Waals surface area (Å²) in [4.78, 5) is 11.9. The summed E-state index contributed by atoms with van der Waals surface area (Å²) in [5.74, 6) is -1.01. The fourth-order valence-corrected chi connectivity index (χ4v) is 2.19. The van der Waals surface area contributed by atoms with Gasteiger partial charge in [-0.25, -0.2) is 4.39 Å². The van der Waals surface area contributed by atoms with E-state index in [0.717, 1.165) is 0 Å². The van der Waals surface area contributed by atoms with E-state index in [-0.39, 0.29) is 17.7 Å². The normalized spacial score (nSPS) is 14.3. The van der Waals surface area contributed by atoms with Crippen LogP contribution in [0.2, 0.25) is 0 Å². The maximum Gasteiger partial charge on any atom is 0.310 e. The highest BCUT2D eigenvalue weighted by Gasteiger charge is 2.33. The van der Waals surface area contributed by atoms with E-state index in [4.69, 9.17) is 4.74 Å². The van der Waals surface area contributed by atoms with Crippen LogP contribution in [0.1, 0.15) is 25.5 Å². The van der Waals surface area contributed by atoms with Crippen molar-refractivity contribution in [2.24, 2.45) is 11.8 Å². The summed E-state index contributed by atoms with van der Waals surface area (Å²) >= 11 is 0. The molecule has 1 aromatic carbocycles. The Morgan fingerprint density at radius 3 is 2.39 bits per heavy atom. The molecule has 3 nitrogen and oxygen atoms in total. The quantitative estimate of drug-likeness (QED) is 0.819. The molecule has 0 aliphatic carbocycles. The SMILES string of the molecule is CNC(c1ccccc1F)C(C(=O)OC)C(C)C. The number of hydrogen-bond acceptors (Lipinski definition) is 3. The average Bonchev–Trinajstić information content (AvgIpc) is 2.35. The zero-order valence-corrected chi connectivity index (χ0v) is 11.2. The first-order chi connectivity index (χ1) is 8.52. The molecule has 0 spiro atoms. The molecule has 0 bridgehead atoms. The van der Waals surface area contributed by atoms with Gasteiger partial charge in [0.1, 0.15) is 5.82 Å². The highest BCUT2D eigenvalue weighted by Crippen LogP contribution is 2.30. The largest absolute Gasteiger partial charge is 0.469 e. The molecule has 4 heteroatoms. The van der Waals surface area contributed by atoms with Crippen LogP contribution < -0.4 is 5.32 Å². The number of nitrogens with one attached hydrogen (secondary N) is 1. The average molecular weight is 253 g/mol. The zero-order valence-electron chi connectivity index (χ0n) is 11.2. The topological polar surface area (TPSA) is 38.3 Å². The van der Waals surface area contributed by atoms with E-state index in [0.29, 0.717) is 5.56 Å². The van der Waals surface area contributed by atoms with Gasteiger partial charge in [0.25, 0.3) is 0 Å². The fraction of sp³-hybridized carbons (Fsp3) is 0.500. The van der Waals surface area contributed by atoms with Crippen molar-refractivity contribution in [3.8, 4) is 0 Å². The molecule has 0 saturated heterocycles. The lowest BCUT2D eigenvalue weighted by Gasteiger charge is -2.28. The lowest BCUT2D eigenvalue weighted by Crippen LogP contribution is -2.35. The number of hydrogen-bond donors (Lipinski definition) is 1. The van der Waals surface area contributed by atoms with E-state index in [2.05, 4.69) is 5.32 Å². The third-order valence-corrected chi connectivity index (χ3v) is 3.10. The number of carbonyl (C=O) groups excluding carboxylic acids is 1. The van der Waals surface area contributed by atoms with Gasteiger partial charge in [-0.3, -0.25) is 4.79 Å². The number of rotatable bonds is 5. The Morgan fingerprint density at radius 2 is 1.94 bits per heavy atom. The summed E-state index contributed by atoms with van der Waals surface area (Å²) in [6.45, 7) is 3.85. The summed E-state index contributed by atoms with van der Waals surface area (Å²) in [5.41, 5.74) is 0.490. The minimum Gasteiger partial charge on any atom is -0.469 e. The van der Waals surface area contributed by atoms with Gasteiger partial charge in [-0.2, -0.15) is 0 Å². The number of carbonyl (C=O) groups is 1. The van der Waals surface area contributed by atoms with Crippen molar-refractivity contribution >= 4 is 5.97 Å². The standard InChI is InChI=1S/C14H20FNO2/c1-9(2)12(14(17)18-4)13(16-3)10-7-5-6-8-11(10)15/h5-9,12-13,16H,1-4H3. The molecule has 0 aromatic heterocycles. The van der Waals surface area contributed by atoms with Crippen molar-refractivity contribution in [3.63, 3.8) is 0 Å². The van der Waals surface area contributed by atoms with Gasteiger partial charge in [0.05, 0.1) is 13.0 Å². The number of benzene rings is 1. The Bertz CT molecular complexity index is 407. The Kier molecular flexibility index (Phi) is 5.28. The second-order valence-electron chi connectivity index (χ2n) is 4.58. The maximum absolute atomic E-state index is 13.8. The van der Waals surface area contributed by atoms with Gasteiger partial charge in [-0.15, -0.1) is 0 Å². The van der Waals surface area contributed by atoms with Crippen LogP contribution in [-0.2, 0) is 9.53 Å². The van der Waals surface area contributed by atoms with Crippen molar-refractivity contribution in [1.29, 1.82) is 0 Å². The van der Waals surface area contributed by atoms with Crippen LogP contribution in [0.4, 0.5) is 4.39 Å². The number of ether oxygens (including phenoxy) is 1. The molecule has 1 aromatic rings. The second kappa shape index (κ2) is 6.50. The van der Waals surface area contributed by atoms with Crippen LogP contribution in [0.3, 0.4) is 0 Å². The lowest BCUT2D eigenvalue weighted by atomic mass is 9.84. The molecule has 2 unspecified atom stereocenters. The Hall–Kier alpha value is -1.42. The molecule has 0 aliphatic rings. The highest BCUT2D eigenvalue weighted by atomic mass is 19.1. The van der Waals surface area contributed by atoms with Gasteiger partial charge >= 0.3 is 5.97 Å². The van der Waals surface area contributed by atoms with E-state index in [1.54, 1.807) is 25.2 Å². The van der Waals surface area contributed by atoms with Crippen LogP contribution in [0.25, 0.3) is 0 Å². The lowest BCUT2D eigenvalue weighted by molar-refractivity contribution is -0.148. The van der Waals surface area contributed by atoms with E-state index in [9.17, 15) is 9.18 Å². The molecule has 0 heterocycles. The number of esters is 1. The van der Waals surface area contributed by atoms with Gasteiger partial charge < -0.3 is 10.1 Å². The van der Waals surface area contributed by atoms with E-state index < -0.39 is 12.0 Å². The summed E-state index contributed by atoms with van der Waals surface area (Å²) in [6.07, 6.45) is 0. The minimum atomic E-state index is -0.420. The molecule has 2 atom stereocenters. The zero-order chi connectivity index (χ0) is 13.7. The van der Waals surface area contributed by atoms with Crippen molar-refractivity contribution in [1.82, 2.24) is 5.32 Å². The first-order valence-electron chi connectivity index (χ1n) is 6.02. The maximum atomic E-state index is 13.8. The molecule has 0 saturated carbocycles. The highest BCUT2D eigenvalue weighted by molar-refractivity contribution is 5.73. The molecule has 0 fully saturated rings. The van der Waals surface area contributed by atoms with Gasteiger partial charge in [-0.05, 0) is 19.0 Å². The van der Waals surface area contributed by atoms with Crippen molar-refractivity contribution < 1.29 is 13.9 Å². The molecular weight excluding hydrogens is 233 g/mol. The Morgan fingerprint density at radius 1 is 1.33 bits per heavy atom. The molecule has 100 valence electrons. The molecule has 1 rings (SSSR count). The monoisotopic (exact) mass is 253 g/mol. The smallest absolute Gasteiger partial charge is 0.310 e. The summed E-state index contributed by atoms with van der Waals surface area (Å²) in [6, 6.07) is 6.09. The molecule has 0 amide bonds. The molecule has 1 N–H and O–H groups in total. The van der Waals surface area contributed by atoms with E-state index >= 15 is 0 Å². The van der Waals surface area contributed by atoms with Crippen LogP contribution in [0.15, 0.2) is 24.3 Å². The second-order valence-corrected chi connectivity index (χ2v) is 4.58. The Labute approximate surface area is 107 Å². The summed E-state index contributed by atoms with van der Waals surface area (Å²) in [5, 5.41) is 3.02. The van der Waals surface area contributed by atoms with Gasteiger partial charge in [0, 0.05) is 11.6 Å². The third kappa shape index (κ3) is 3.07. The van der Waals surface area contributed by atoms with Gasteiger partial charge in [0.15, 0.2) is 0 Å². The molecular formula is C14H20FNO2. The fourth-order valence-electron chi connectivity index (χ4n) is 2.19. The summed E-state index contributed by atoms with van der Waals surface area (Å²) < 4.78 is 18.6. The van der Waals surface area contributed by atoms with E-state index in [1.165, 1.54) is 13.2 Å². The summed E-state index contributed by atoms with van der Waals surface area (Å²) in [7, 11) is 3.07. The third-order valence-electron chi connectivity index (χ3n) is 3.10. The van der Waals surface area contributed by atoms with E-state index in [1.807, 2.05) is 13.8 Å². The van der Waals surface area contributed by atoms with Gasteiger partial charge in [0.2, 0.25) is 0 Å².